The van der Waals surface area contributed by atoms with E-state index in [0.29, 0.717) is 0 Å². The molecule has 0 unspecified atom stereocenters. The number of carbonyl (C=O) groups is 1. The van der Waals surface area contributed by atoms with Gasteiger partial charge >= 0.3 is 5.69 Å². The number of halogens is 1. The molecule has 0 fully saturated rings. The van der Waals surface area contributed by atoms with Gasteiger partial charge in [-0.05, 0) is 26.0 Å². The number of amides is 1. The number of rotatable bonds is 5. The maximum atomic E-state index is 13.5. The van der Waals surface area contributed by atoms with Crippen molar-refractivity contribution in [3.05, 3.63) is 34.1 Å². The molecule has 2 N–H and O–H groups in total. The number of hydrogen-bond acceptors (Lipinski definition) is 4. The zero-order valence-electron chi connectivity index (χ0n) is 10.1. The summed E-state index contributed by atoms with van der Waals surface area (Å²) >= 11 is 0. The van der Waals surface area contributed by atoms with Crippen molar-refractivity contribution in [1.29, 1.82) is 0 Å². The molecule has 18 heavy (non-hydrogen) atoms. The van der Waals surface area contributed by atoms with E-state index in [1.54, 1.807) is 13.8 Å². The van der Waals surface area contributed by atoms with Crippen LogP contribution in [-0.4, -0.2) is 23.4 Å². The third-order valence-corrected chi connectivity index (χ3v) is 2.41. The van der Waals surface area contributed by atoms with Crippen LogP contribution in [0.2, 0.25) is 0 Å². The molecule has 0 heterocycles. The number of nitrogens with two attached hydrogens (primary N) is 1. The Hall–Kier alpha value is -2.18. The molecule has 1 aromatic rings. The average Bonchev–Trinajstić information content (AvgIpc) is 2.24. The fourth-order valence-corrected chi connectivity index (χ4v) is 1.63. The van der Waals surface area contributed by atoms with Crippen molar-refractivity contribution in [3.63, 3.8) is 0 Å². The fourth-order valence-electron chi connectivity index (χ4n) is 1.63. The SMILES string of the molecule is CC(C)N(CC(N)=O)c1cccc(F)c1[N+](=O)[O-]. The molecule has 1 amide bonds. The van der Waals surface area contributed by atoms with Crippen molar-refractivity contribution in [2.45, 2.75) is 19.9 Å². The average molecular weight is 255 g/mol. The first kappa shape index (κ1) is 13.9. The van der Waals surface area contributed by atoms with Gasteiger partial charge in [-0.2, -0.15) is 4.39 Å². The lowest BCUT2D eigenvalue weighted by Crippen LogP contribution is -2.39. The van der Waals surface area contributed by atoms with Crippen molar-refractivity contribution in [3.8, 4) is 0 Å². The summed E-state index contributed by atoms with van der Waals surface area (Å²) in [6.45, 7) is 3.26. The van der Waals surface area contributed by atoms with Crippen LogP contribution in [0.1, 0.15) is 13.8 Å². The topological polar surface area (TPSA) is 89.5 Å². The molecule has 1 aromatic carbocycles. The van der Waals surface area contributed by atoms with Crippen LogP contribution in [0.15, 0.2) is 18.2 Å². The Morgan fingerprint density at radius 1 is 1.56 bits per heavy atom. The van der Waals surface area contributed by atoms with Gasteiger partial charge in [-0.15, -0.1) is 0 Å². The van der Waals surface area contributed by atoms with E-state index in [1.807, 2.05) is 0 Å². The van der Waals surface area contributed by atoms with Crippen molar-refractivity contribution in [2.24, 2.45) is 5.73 Å². The summed E-state index contributed by atoms with van der Waals surface area (Å²) in [5, 5.41) is 10.9. The Bertz CT molecular complexity index is 477. The lowest BCUT2D eigenvalue weighted by molar-refractivity contribution is -0.386. The largest absolute Gasteiger partial charge is 0.368 e. The summed E-state index contributed by atoms with van der Waals surface area (Å²) in [5.41, 5.74) is 4.49. The molecule has 0 spiro atoms. The smallest absolute Gasteiger partial charge is 0.327 e. The molecule has 0 aliphatic heterocycles. The highest BCUT2D eigenvalue weighted by atomic mass is 19.1. The quantitative estimate of drug-likeness (QED) is 0.636. The monoisotopic (exact) mass is 255 g/mol. The summed E-state index contributed by atoms with van der Waals surface area (Å²) in [5.74, 6) is -1.57. The van der Waals surface area contributed by atoms with Crippen LogP contribution in [0, 0.1) is 15.9 Å². The summed E-state index contributed by atoms with van der Waals surface area (Å²) in [7, 11) is 0. The number of para-hydroxylation sites is 1. The Kier molecular flexibility index (Phi) is 4.19. The van der Waals surface area contributed by atoms with Gasteiger partial charge in [0, 0.05) is 6.04 Å². The van der Waals surface area contributed by atoms with Crippen molar-refractivity contribution < 1.29 is 14.1 Å². The van der Waals surface area contributed by atoms with Crippen LogP contribution in [0.25, 0.3) is 0 Å². The minimum Gasteiger partial charge on any atom is -0.368 e. The van der Waals surface area contributed by atoms with Crippen molar-refractivity contribution in [1.82, 2.24) is 0 Å². The Morgan fingerprint density at radius 3 is 2.61 bits per heavy atom. The molecular weight excluding hydrogens is 241 g/mol. The van der Waals surface area contributed by atoms with E-state index in [0.717, 1.165) is 6.07 Å². The second-order valence-corrected chi connectivity index (χ2v) is 4.05. The highest BCUT2D eigenvalue weighted by Crippen LogP contribution is 2.31. The second-order valence-electron chi connectivity index (χ2n) is 4.05. The van der Waals surface area contributed by atoms with Gasteiger partial charge < -0.3 is 10.6 Å². The minimum atomic E-state index is -0.937. The first-order chi connectivity index (χ1) is 8.34. The van der Waals surface area contributed by atoms with Gasteiger partial charge in [-0.25, -0.2) is 0 Å². The lowest BCUT2D eigenvalue weighted by Gasteiger charge is -2.27. The normalized spacial score (nSPS) is 10.4. The summed E-state index contributed by atoms with van der Waals surface area (Å²) in [6, 6.07) is 3.53. The third-order valence-electron chi connectivity index (χ3n) is 2.41. The third kappa shape index (κ3) is 2.93. The van der Waals surface area contributed by atoms with Gasteiger partial charge in [0.15, 0.2) is 0 Å². The van der Waals surface area contributed by atoms with Gasteiger partial charge in [0.05, 0.1) is 11.5 Å². The number of carbonyl (C=O) groups excluding carboxylic acids is 1. The van der Waals surface area contributed by atoms with E-state index in [4.69, 9.17) is 5.73 Å². The summed E-state index contributed by atoms with van der Waals surface area (Å²) in [6.07, 6.45) is 0. The molecule has 1 rings (SSSR count). The van der Waals surface area contributed by atoms with Crippen molar-refractivity contribution >= 4 is 17.3 Å². The summed E-state index contributed by atoms with van der Waals surface area (Å²) in [4.78, 5) is 22.4. The fraction of sp³-hybridized carbons (Fsp3) is 0.364. The minimum absolute atomic E-state index is 0.0498. The zero-order valence-corrected chi connectivity index (χ0v) is 10.1. The van der Waals surface area contributed by atoms with Crippen molar-refractivity contribution in [2.75, 3.05) is 11.4 Å². The van der Waals surface area contributed by atoms with E-state index in [2.05, 4.69) is 0 Å². The number of anilines is 1. The highest BCUT2D eigenvalue weighted by molar-refractivity contribution is 5.81. The molecule has 0 bridgehead atoms. The van der Waals surface area contributed by atoms with Gasteiger partial charge in [-0.3, -0.25) is 14.9 Å². The van der Waals surface area contributed by atoms with Gasteiger partial charge in [0.1, 0.15) is 5.69 Å². The van der Waals surface area contributed by atoms with Crippen LogP contribution in [0.4, 0.5) is 15.8 Å². The van der Waals surface area contributed by atoms with E-state index >= 15 is 0 Å². The predicted molar refractivity (Wildman–Crippen MR) is 64.7 cm³/mol. The number of nitrogens with zero attached hydrogens (tertiary/aromatic N) is 2. The Balaban J connectivity index is 3.32. The molecule has 0 atom stereocenters. The molecule has 0 radical (unpaired) electrons. The number of nitro benzene ring substituents is 1. The standard InChI is InChI=1S/C11H14FN3O3/c1-7(2)14(6-10(13)16)9-5-3-4-8(12)11(9)15(17)18/h3-5,7H,6H2,1-2H3,(H2,13,16). The second kappa shape index (κ2) is 5.44. The predicted octanol–water partition coefficient (Wildman–Crippen LogP) is 1.43. The highest BCUT2D eigenvalue weighted by Gasteiger charge is 2.26. The van der Waals surface area contributed by atoms with Crippen LogP contribution in [-0.2, 0) is 4.79 Å². The maximum absolute atomic E-state index is 13.5. The van der Waals surface area contributed by atoms with Gasteiger partial charge in [-0.1, -0.05) is 6.07 Å². The summed E-state index contributed by atoms with van der Waals surface area (Å²) < 4.78 is 13.5. The first-order valence-electron chi connectivity index (χ1n) is 5.32. The zero-order chi connectivity index (χ0) is 13.9. The number of hydrogen-bond donors (Lipinski definition) is 1. The molecule has 0 aromatic heterocycles. The lowest BCUT2D eigenvalue weighted by atomic mass is 10.2. The molecule has 6 nitrogen and oxygen atoms in total. The molecule has 0 aliphatic carbocycles. The number of benzene rings is 1. The molecule has 0 saturated carbocycles. The molecule has 98 valence electrons. The first-order valence-corrected chi connectivity index (χ1v) is 5.32. The molecule has 0 aliphatic rings. The molecular formula is C11H14FN3O3. The van der Waals surface area contributed by atoms with E-state index in [1.165, 1.54) is 17.0 Å². The van der Waals surface area contributed by atoms with Crippen LogP contribution in [0.5, 0.6) is 0 Å². The van der Waals surface area contributed by atoms with Crippen LogP contribution in [0.3, 0.4) is 0 Å². The Labute approximate surface area is 103 Å². The van der Waals surface area contributed by atoms with Gasteiger partial charge in [0.25, 0.3) is 0 Å². The van der Waals surface area contributed by atoms with E-state index < -0.39 is 22.3 Å². The Morgan fingerprint density at radius 2 is 2.17 bits per heavy atom. The molecule has 0 saturated heterocycles. The maximum Gasteiger partial charge on any atom is 0.327 e. The van der Waals surface area contributed by atoms with E-state index in [-0.39, 0.29) is 18.3 Å². The van der Waals surface area contributed by atoms with Crippen LogP contribution >= 0.6 is 0 Å². The van der Waals surface area contributed by atoms with Gasteiger partial charge in [0.2, 0.25) is 11.7 Å². The molecule has 7 heteroatoms. The van der Waals surface area contributed by atoms with Crippen LogP contribution < -0.4 is 10.6 Å². The number of primary amides is 1. The number of nitro groups is 1. The van der Waals surface area contributed by atoms with E-state index in [9.17, 15) is 19.3 Å².